The van der Waals surface area contributed by atoms with Crippen molar-refractivity contribution in [3.05, 3.63) is 35.9 Å². The number of amides is 2. The van der Waals surface area contributed by atoms with Crippen LogP contribution in [0.1, 0.15) is 44.1 Å². The molecule has 1 aliphatic heterocycles. The number of nitrogens with one attached hydrogen (secondary N) is 1. The molecule has 0 aromatic heterocycles. The molecule has 0 radical (unpaired) electrons. The molecule has 26 heavy (non-hydrogen) atoms. The molecule has 1 saturated heterocycles. The van der Waals surface area contributed by atoms with Crippen LogP contribution in [0.15, 0.2) is 30.3 Å². The number of hydrogen-bond donors (Lipinski definition) is 1. The van der Waals surface area contributed by atoms with Gasteiger partial charge in [0, 0.05) is 13.0 Å². The summed E-state index contributed by atoms with van der Waals surface area (Å²) in [5, 5.41) is 3.10. The van der Waals surface area contributed by atoms with Gasteiger partial charge in [0.05, 0.1) is 11.5 Å². The van der Waals surface area contributed by atoms with Gasteiger partial charge in [-0.1, -0.05) is 49.6 Å². The van der Waals surface area contributed by atoms with E-state index in [2.05, 4.69) is 5.32 Å². The Kier molecular flexibility index (Phi) is 5.25. The standard InChI is InChI=1S/C19H23F3N2O2/c20-19(21,22)13-24-12-14(11-16(24)25)17(26)23-18(9-5-2-6-10-18)15-7-3-1-4-8-15/h1,3-4,7-8,14H,2,5-6,9-13H2,(H,23,26). The van der Waals surface area contributed by atoms with E-state index in [-0.39, 0.29) is 18.9 Å². The lowest BCUT2D eigenvalue weighted by Crippen LogP contribution is -2.49. The summed E-state index contributed by atoms with van der Waals surface area (Å²) in [5.74, 6) is -1.67. The predicted molar refractivity (Wildman–Crippen MR) is 90.1 cm³/mol. The summed E-state index contributed by atoms with van der Waals surface area (Å²) in [6, 6.07) is 9.69. The van der Waals surface area contributed by atoms with Crippen LogP contribution in [0.5, 0.6) is 0 Å². The van der Waals surface area contributed by atoms with E-state index in [0.717, 1.165) is 42.6 Å². The van der Waals surface area contributed by atoms with Crippen molar-refractivity contribution in [2.75, 3.05) is 13.1 Å². The van der Waals surface area contributed by atoms with Crippen LogP contribution < -0.4 is 5.32 Å². The van der Waals surface area contributed by atoms with Crippen LogP contribution in [0, 0.1) is 5.92 Å². The van der Waals surface area contributed by atoms with Crippen molar-refractivity contribution in [1.82, 2.24) is 10.2 Å². The maximum atomic E-state index is 12.8. The number of rotatable bonds is 4. The molecular formula is C19H23F3N2O2. The lowest BCUT2D eigenvalue weighted by molar-refractivity contribution is -0.157. The van der Waals surface area contributed by atoms with Crippen molar-refractivity contribution in [2.24, 2.45) is 5.92 Å². The fraction of sp³-hybridized carbons (Fsp3) is 0.579. The summed E-state index contributed by atoms with van der Waals surface area (Å²) in [4.78, 5) is 25.4. The van der Waals surface area contributed by atoms with Crippen molar-refractivity contribution in [3.8, 4) is 0 Å². The number of likely N-dealkylation sites (tertiary alicyclic amines) is 1. The smallest absolute Gasteiger partial charge is 0.346 e. The second-order valence-corrected chi connectivity index (χ2v) is 7.29. The summed E-state index contributed by atoms with van der Waals surface area (Å²) in [7, 11) is 0. The van der Waals surface area contributed by atoms with Gasteiger partial charge in [0.25, 0.3) is 0 Å². The number of nitrogens with zero attached hydrogens (tertiary/aromatic N) is 1. The van der Waals surface area contributed by atoms with Gasteiger partial charge in [-0.15, -0.1) is 0 Å². The number of alkyl halides is 3. The van der Waals surface area contributed by atoms with Crippen LogP contribution in [0.4, 0.5) is 13.2 Å². The number of carbonyl (C=O) groups is 2. The minimum absolute atomic E-state index is 0.160. The summed E-state index contributed by atoms with van der Waals surface area (Å²) in [6.45, 7) is -1.46. The Labute approximate surface area is 150 Å². The molecule has 4 nitrogen and oxygen atoms in total. The Morgan fingerprint density at radius 2 is 1.81 bits per heavy atom. The Morgan fingerprint density at radius 3 is 2.42 bits per heavy atom. The van der Waals surface area contributed by atoms with Crippen molar-refractivity contribution in [3.63, 3.8) is 0 Å². The largest absolute Gasteiger partial charge is 0.406 e. The highest BCUT2D eigenvalue weighted by molar-refractivity contribution is 5.89. The molecule has 1 aromatic carbocycles. The Bertz CT molecular complexity index is 654. The highest BCUT2D eigenvalue weighted by Crippen LogP contribution is 2.37. The van der Waals surface area contributed by atoms with Crippen LogP contribution in [-0.2, 0) is 15.1 Å². The first-order chi connectivity index (χ1) is 12.3. The van der Waals surface area contributed by atoms with Crippen LogP contribution in [0.2, 0.25) is 0 Å². The third-order valence-corrected chi connectivity index (χ3v) is 5.35. The zero-order valence-corrected chi connectivity index (χ0v) is 14.5. The molecule has 2 amide bonds. The Morgan fingerprint density at radius 1 is 1.15 bits per heavy atom. The van der Waals surface area contributed by atoms with E-state index in [9.17, 15) is 22.8 Å². The average Bonchev–Trinajstić information content (AvgIpc) is 2.96. The topological polar surface area (TPSA) is 49.4 Å². The van der Waals surface area contributed by atoms with Gasteiger partial charge in [-0.3, -0.25) is 9.59 Å². The molecule has 1 saturated carbocycles. The van der Waals surface area contributed by atoms with Gasteiger partial charge in [0.15, 0.2) is 0 Å². The van der Waals surface area contributed by atoms with Gasteiger partial charge in [0.1, 0.15) is 6.54 Å². The van der Waals surface area contributed by atoms with E-state index in [1.807, 2.05) is 30.3 Å². The zero-order chi connectivity index (χ0) is 18.8. The van der Waals surface area contributed by atoms with Crippen molar-refractivity contribution in [2.45, 2.75) is 50.2 Å². The first-order valence-electron chi connectivity index (χ1n) is 9.01. The highest BCUT2D eigenvalue weighted by Gasteiger charge is 2.43. The molecule has 1 atom stereocenters. The molecule has 7 heteroatoms. The van der Waals surface area contributed by atoms with Crippen molar-refractivity contribution in [1.29, 1.82) is 0 Å². The van der Waals surface area contributed by atoms with E-state index in [1.54, 1.807) is 0 Å². The summed E-state index contributed by atoms with van der Waals surface area (Å²) >= 11 is 0. The van der Waals surface area contributed by atoms with Gasteiger partial charge in [-0.25, -0.2) is 0 Å². The molecule has 1 aromatic rings. The molecule has 142 valence electrons. The van der Waals surface area contributed by atoms with Crippen LogP contribution in [0.25, 0.3) is 0 Å². The highest BCUT2D eigenvalue weighted by atomic mass is 19.4. The zero-order valence-electron chi connectivity index (χ0n) is 14.5. The third-order valence-electron chi connectivity index (χ3n) is 5.35. The fourth-order valence-corrected chi connectivity index (χ4v) is 4.05. The summed E-state index contributed by atoms with van der Waals surface area (Å²) in [6.07, 6.45) is 0.0669. The maximum Gasteiger partial charge on any atom is 0.406 e. The van der Waals surface area contributed by atoms with Gasteiger partial charge >= 0.3 is 6.18 Å². The van der Waals surface area contributed by atoms with E-state index in [4.69, 9.17) is 0 Å². The first-order valence-corrected chi connectivity index (χ1v) is 9.01. The summed E-state index contributed by atoms with van der Waals surface area (Å²) in [5.41, 5.74) is 0.529. The van der Waals surface area contributed by atoms with Crippen LogP contribution in [0.3, 0.4) is 0 Å². The van der Waals surface area contributed by atoms with E-state index in [0.29, 0.717) is 0 Å². The minimum atomic E-state index is -4.45. The van der Waals surface area contributed by atoms with Gasteiger partial charge < -0.3 is 10.2 Å². The van der Waals surface area contributed by atoms with Crippen LogP contribution >= 0.6 is 0 Å². The molecule has 3 rings (SSSR count). The van der Waals surface area contributed by atoms with Gasteiger partial charge in [-0.05, 0) is 18.4 Å². The predicted octanol–water partition coefficient (Wildman–Crippen LogP) is 3.37. The van der Waals surface area contributed by atoms with Gasteiger partial charge in [0.2, 0.25) is 11.8 Å². The molecule has 1 heterocycles. The fourth-order valence-electron chi connectivity index (χ4n) is 4.05. The molecule has 0 spiro atoms. The maximum absolute atomic E-state index is 12.8. The van der Waals surface area contributed by atoms with E-state index >= 15 is 0 Å². The molecule has 1 N–H and O–H groups in total. The summed E-state index contributed by atoms with van der Waals surface area (Å²) < 4.78 is 37.7. The van der Waals surface area contributed by atoms with Crippen molar-refractivity contribution < 1.29 is 22.8 Å². The van der Waals surface area contributed by atoms with Crippen LogP contribution in [-0.4, -0.2) is 36.0 Å². The number of halogens is 3. The van der Waals surface area contributed by atoms with E-state index in [1.165, 1.54) is 0 Å². The normalized spacial score (nSPS) is 23.1. The number of hydrogen-bond acceptors (Lipinski definition) is 2. The minimum Gasteiger partial charge on any atom is -0.346 e. The molecule has 0 bridgehead atoms. The average molecular weight is 368 g/mol. The number of benzene rings is 1. The molecule has 2 fully saturated rings. The van der Waals surface area contributed by atoms with Gasteiger partial charge in [-0.2, -0.15) is 13.2 Å². The molecule has 1 aliphatic carbocycles. The molecule has 2 aliphatic rings. The third kappa shape index (κ3) is 4.19. The molecule has 1 unspecified atom stereocenters. The second-order valence-electron chi connectivity index (χ2n) is 7.29. The lowest BCUT2D eigenvalue weighted by atomic mass is 9.76. The number of carbonyl (C=O) groups excluding carboxylic acids is 2. The second kappa shape index (κ2) is 7.29. The first kappa shape index (κ1) is 18.7. The lowest BCUT2D eigenvalue weighted by Gasteiger charge is -2.39. The van der Waals surface area contributed by atoms with Crippen molar-refractivity contribution >= 4 is 11.8 Å². The Hall–Kier alpha value is -2.05. The monoisotopic (exact) mass is 368 g/mol. The SMILES string of the molecule is O=C(NC1(c2ccccc2)CCCCC1)C1CC(=O)N(CC(F)(F)F)C1. The molecular weight excluding hydrogens is 345 g/mol. The van der Waals surface area contributed by atoms with E-state index < -0.39 is 30.1 Å². The Balaban J connectivity index is 1.72. The quantitative estimate of drug-likeness (QED) is 0.886.